The molecule has 0 radical (unpaired) electrons. The zero-order valence-electron chi connectivity index (χ0n) is 27.4. The van der Waals surface area contributed by atoms with E-state index in [0.29, 0.717) is 12.0 Å². The van der Waals surface area contributed by atoms with E-state index in [1.807, 2.05) is 58.0 Å². The van der Waals surface area contributed by atoms with Gasteiger partial charge in [0.1, 0.15) is 24.2 Å². The first-order valence-corrected chi connectivity index (χ1v) is 17.0. The van der Waals surface area contributed by atoms with Crippen LogP contribution in [0.2, 0.25) is 0 Å². The minimum Gasteiger partial charge on any atom is -0.495 e. The topological polar surface area (TPSA) is 96.0 Å². The summed E-state index contributed by atoms with van der Waals surface area (Å²) in [5.41, 5.74) is 3.22. The SMILES string of the molecule is CC[C@H](C)NC(=O)[C@@H](Cc1ccccc1)N(Cc1ccc(F)cc1)C(=O)CN(c1cc(C)ccc1OC)S(=O)(=O)c1ccc(C)cc1. The van der Waals surface area contributed by atoms with Crippen LogP contribution in [-0.4, -0.2) is 50.9 Å². The summed E-state index contributed by atoms with van der Waals surface area (Å²) >= 11 is 0. The Morgan fingerprint density at radius 3 is 2.13 bits per heavy atom. The minimum atomic E-state index is -4.30. The molecule has 2 amide bonds. The molecular formula is C37H42FN3O5S. The van der Waals surface area contributed by atoms with Gasteiger partial charge in [-0.05, 0) is 80.3 Å². The fraction of sp³-hybridized carbons (Fsp3) is 0.297. The molecule has 47 heavy (non-hydrogen) atoms. The molecule has 2 atom stereocenters. The highest BCUT2D eigenvalue weighted by Gasteiger charge is 2.36. The number of hydrogen-bond donors (Lipinski definition) is 1. The number of benzene rings is 4. The van der Waals surface area contributed by atoms with Gasteiger partial charge in [-0.15, -0.1) is 0 Å². The molecule has 0 fully saturated rings. The predicted molar refractivity (Wildman–Crippen MR) is 182 cm³/mol. The standard InChI is InChI=1S/C37H42FN3O5S/c1-6-28(4)39-37(43)34(23-29-10-8-7-9-11-29)40(24-30-15-17-31(38)18-16-30)36(42)25-41(33-22-27(3)14-21-35(33)46-5)47(44,45)32-19-12-26(2)13-20-32/h7-22,28,34H,6,23-25H2,1-5H3,(H,39,43)/t28-,34+/m0/s1. The molecule has 0 aromatic heterocycles. The van der Waals surface area contributed by atoms with Gasteiger partial charge in [0.15, 0.2) is 0 Å². The van der Waals surface area contributed by atoms with Crippen molar-refractivity contribution in [3.05, 3.63) is 125 Å². The van der Waals surface area contributed by atoms with Crippen molar-refractivity contribution in [3.63, 3.8) is 0 Å². The molecule has 10 heteroatoms. The van der Waals surface area contributed by atoms with Crippen molar-refractivity contribution in [2.24, 2.45) is 0 Å². The second kappa shape index (κ2) is 15.7. The van der Waals surface area contributed by atoms with E-state index in [2.05, 4.69) is 5.32 Å². The van der Waals surface area contributed by atoms with Crippen LogP contribution in [0.4, 0.5) is 10.1 Å². The molecule has 1 N–H and O–H groups in total. The fourth-order valence-electron chi connectivity index (χ4n) is 5.13. The number of ether oxygens (including phenoxy) is 1. The lowest BCUT2D eigenvalue weighted by atomic mass is 10.0. The van der Waals surface area contributed by atoms with Gasteiger partial charge < -0.3 is 15.0 Å². The molecule has 0 unspecified atom stereocenters. The van der Waals surface area contributed by atoms with E-state index in [9.17, 15) is 22.4 Å². The smallest absolute Gasteiger partial charge is 0.264 e. The summed E-state index contributed by atoms with van der Waals surface area (Å²) in [6, 6.07) is 25.3. The quantitative estimate of drug-likeness (QED) is 0.174. The van der Waals surface area contributed by atoms with Crippen LogP contribution in [0.25, 0.3) is 0 Å². The largest absolute Gasteiger partial charge is 0.495 e. The first-order valence-electron chi connectivity index (χ1n) is 15.5. The molecule has 4 aromatic rings. The van der Waals surface area contributed by atoms with Gasteiger partial charge in [0.25, 0.3) is 10.0 Å². The summed E-state index contributed by atoms with van der Waals surface area (Å²) in [6.07, 6.45) is 0.847. The highest BCUT2D eigenvalue weighted by molar-refractivity contribution is 7.92. The van der Waals surface area contributed by atoms with Crippen molar-refractivity contribution in [1.29, 1.82) is 0 Å². The maximum absolute atomic E-state index is 14.6. The predicted octanol–water partition coefficient (Wildman–Crippen LogP) is 6.20. The summed E-state index contributed by atoms with van der Waals surface area (Å²) < 4.78 is 49.2. The van der Waals surface area contributed by atoms with Gasteiger partial charge >= 0.3 is 0 Å². The molecule has 0 saturated heterocycles. The lowest BCUT2D eigenvalue weighted by molar-refractivity contribution is -0.140. The number of aryl methyl sites for hydroxylation is 2. The van der Waals surface area contributed by atoms with Crippen LogP contribution in [0.15, 0.2) is 102 Å². The molecule has 248 valence electrons. The Bertz CT molecular complexity index is 1760. The zero-order chi connectivity index (χ0) is 34.1. The Balaban J connectivity index is 1.85. The highest BCUT2D eigenvalue weighted by atomic mass is 32.2. The van der Waals surface area contributed by atoms with Crippen LogP contribution in [0.1, 0.15) is 42.5 Å². The number of amides is 2. The molecule has 4 rings (SSSR count). The van der Waals surface area contributed by atoms with Gasteiger partial charge in [-0.25, -0.2) is 12.8 Å². The van der Waals surface area contributed by atoms with E-state index in [-0.39, 0.29) is 41.2 Å². The molecule has 0 aliphatic carbocycles. The maximum atomic E-state index is 14.6. The molecule has 0 saturated carbocycles. The molecule has 0 aliphatic rings. The number of nitrogens with zero attached hydrogens (tertiary/aromatic N) is 2. The van der Waals surface area contributed by atoms with Crippen molar-refractivity contribution in [2.45, 2.75) is 64.1 Å². The summed E-state index contributed by atoms with van der Waals surface area (Å²) in [6.45, 7) is 6.81. The average Bonchev–Trinajstić information content (AvgIpc) is 3.06. The van der Waals surface area contributed by atoms with Gasteiger partial charge in [0, 0.05) is 19.0 Å². The zero-order valence-corrected chi connectivity index (χ0v) is 28.3. The third kappa shape index (κ3) is 8.98. The van der Waals surface area contributed by atoms with Crippen molar-refractivity contribution in [2.75, 3.05) is 18.0 Å². The normalized spacial score (nSPS) is 12.6. The number of nitrogens with one attached hydrogen (secondary N) is 1. The lowest BCUT2D eigenvalue weighted by Gasteiger charge is -2.34. The Hall–Kier alpha value is -4.70. The number of rotatable bonds is 14. The average molecular weight is 660 g/mol. The van der Waals surface area contributed by atoms with Gasteiger partial charge in [0.05, 0.1) is 17.7 Å². The number of halogens is 1. The van der Waals surface area contributed by atoms with Gasteiger partial charge in [-0.2, -0.15) is 0 Å². The van der Waals surface area contributed by atoms with E-state index in [1.165, 1.54) is 36.3 Å². The molecule has 0 aliphatic heterocycles. The second-order valence-electron chi connectivity index (χ2n) is 11.7. The molecule has 0 heterocycles. The molecule has 8 nitrogen and oxygen atoms in total. The molecule has 0 spiro atoms. The monoisotopic (exact) mass is 659 g/mol. The first kappa shape index (κ1) is 35.2. The number of methoxy groups -OCH3 is 1. The van der Waals surface area contributed by atoms with Crippen molar-refractivity contribution in [1.82, 2.24) is 10.2 Å². The molecular weight excluding hydrogens is 617 g/mol. The van der Waals surface area contributed by atoms with E-state index < -0.39 is 34.3 Å². The Kier molecular flexibility index (Phi) is 11.8. The highest BCUT2D eigenvalue weighted by Crippen LogP contribution is 2.34. The van der Waals surface area contributed by atoms with Gasteiger partial charge in [-0.3, -0.25) is 13.9 Å². The van der Waals surface area contributed by atoms with Crippen LogP contribution >= 0.6 is 0 Å². The second-order valence-corrected chi connectivity index (χ2v) is 13.5. The van der Waals surface area contributed by atoms with E-state index in [4.69, 9.17) is 4.74 Å². The number of carbonyl (C=O) groups is 2. The molecule has 4 aromatic carbocycles. The van der Waals surface area contributed by atoms with Crippen LogP contribution < -0.4 is 14.4 Å². The summed E-state index contributed by atoms with van der Waals surface area (Å²) in [5.74, 6) is -1.17. The Labute approximate surface area is 277 Å². The number of anilines is 1. The first-order chi connectivity index (χ1) is 22.4. The minimum absolute atomic E-state index is 0.0000991. The summed E-state index contributed by atoms with van der Waals surface area (Å²) in [5, 5.41) is 3.01. The van der Waals surface area contributed by atoms with Crippen LogP contribution in [0.3, 0.4) is 0 Å². The third-order valence-electron chi connectivity index (χ3n) is 8.03. The summed E-state index contributed by atoms with van der Waals surface area (Å²) in [4.78, 5) is 30.0. The number of hydrogen-bond acceptors (Lipinski definition) is 5. The fourth-order valence-corrected chi connectivity index (χ4v) is 6.54. The number of carbonyl (C=O) groups excluding carboxylic acids is 2. The van der Waals surface area contributed by atoms with E-state index in [0.717, 1.165) is 21.0 Å². The van der Waals surface area contributed by atoms with Gasteiger partial charge in [0.2, 0.25) is 11.8 Å². The van der Waals surface area contributed by atoms with Gasteiger partial charge in [-0.1, -0.05) is 73.2 Å². The Morgan fingerprint density at radius 2 is 1.51 bits per heavy atom. The Morgan fingerprint density at radius 1 is 0.872 bits per heavy atom. The van der Waals surface area contributed by atoms with E-state index >= 15 is 0 Å². The van der Waals surface area contributed by atoms with E-state index in [1.54, 1.807) is 42.5 Å². The maximum Gasteiger partial charge on any atom is 0.264 e. The summed E-state index contributed by atoms with van der Waals surface area (Å²) in [7, 11) is -2.87. The van der Waals surface area contributed by atoms with Crippen molar-refractivity contribution < 1.29 is 27.1 Å². The van der Waals surface area contributed by atoms with Crippen molar-refractivity contribution >= 4 is 27.5 Å². The van der Waals surface area contributed by atoms with Crippen LogP contribution in [0, 0.1) is 19.7 Å². The molecule has 0 bridgehead atoms. The van der Waals surface area contributed by atoms with Crippen LogP contribution in [0.5, 0.6) is 5.75 Å². The van der Waals surface area contributed by atoms with Crippen LogP contribution in [-0.2, 0) is 32.6 Å². The van der Waals surface area contributed by atoms with Crippen molar-refractivity contribution in [3.8, 4) is 5.75 Å². The number of sulfonamides is 1. The lowest BCUT2D eigenvalue weighted by Crippen LogP contribution is -2.54. The third-order valence-corrected chi connectivity index (χ3v) is 9.80.